The zero-order chi connectivity index (χ0) is 12.6. The van der Waals surface area contributed by atoms with E-state index in [0.29, 0.717) is 0 Å². The number of rotatable bonds is 4. The molecule has 0 aromatic heterocycles. The molecule has 0 heterocycles. The van der Waals surface area contributed by atoms with Crippen LogP contribution in [0.1, 0.15) is 38.8 Å². The number of hydrogen-bond donors (Lipinski definition) is 2. The van der Waals surface area contributed by atoms with Crippen molar-refractivity contribution < 1.29 is 10.5 Å². The molecule has 0 saturated carbocycles. The van der Waals surface area contributed by atoms with Crippen molar-refractivity contribution in [2.45, 2.75) is 40.5 Å². The fourth-order valence-electron chi connectivity index (χ4n) is 1.84. The Balaban J connectivity index is 0.00000106. The lowest BCUT2D eigenvalue weighted by Gasteiger charge is -2.13. The standard InChI is InChI=1S/C14H22.H2O2/c1-11(2)9-13-7-5-6-8-14(13)10-12(3)4;1-2/h5-8,11-12H,9-10H2,1-4H3;1-2H. The highest BCUT2D eigenvalue weighted by atomic mass is 17.0. The van der Waals surface area contributed by atoms with Crippen molar-refractivity contribution in [1.29, 1.82) is 0 Å². The summed E-state index contributed by atoms with van der Waals surface area (Å²) < 4.78 is 0. The van der Waals surface area contributed by atoms with Gasteiger partial charge in [0.05, 0.1) is 0 Å². The van der Waals surface area contributed by atoms with E-state index in [-0.39, 0.29) is 0 Å². The van der Waals surface area contributed by atoms with Crippen LogP contribution in [0.3, 0.4) is 0 Å². The molecule has 0 fully saturated rings. The third kappa shape index (κ3) is 5.89. The molecular weight excluding hydrogens is 200 g/mol. The van der Waals surface area contributed by atoms with E-state index in [4.69, 9.17) is 10.5 Å². The first-order valence-electron chi connectivity index (χ1n) is 5.86. The van der Waals surface area contributed by atoms with Gasteiger partial charge < -0.3 is 0 Å². The van der Waals surface area contributed by atoms with E-state index in [1.807, 2.05) is 0 Å². The molecule has 0 unspecified atom stereocenters. The van der Waals surface area contributed by atoms with Gasteiger partial charge in [0.1, 0.15) is 0 Å². The zero-order valence-corrected chi connectivity index (χ0v) is 10.8. The van der Waals surface area contributed by atoms with Gasteiger partial charge in [-0.2, -0.15) is 0 Å². The summed E-state index contributed by atoms with van der Waals surface area (Å²) in [5.74, 6) is 1.51. The Morgan fingerprint density at radius 3 is 1.38 bits per heavy atom. The molecular formula is C14H24O2. The molecule has 2 heteroatoms. The fourth-order valence-corrected chi connectivity index (χ4v) is 1.84. The molecule has 0 atom stereocenters. The first kappa shape index (κ1) is 15.1. The second-order valence-electron chi connectivity index (χ2n) is 4.96. The molecule has 2 N–H and O–H groups in total. The summed E-state index contributed by atoms with van der Waals surface area (Å²) in [6.07, 6.45) is 2.42. The summed E-state index contributed by atoms with van der Waals surface area (Å²) in [6.45, 7) is 9.14. The topological polar surface area (TPSA) is 40.5 Å². The van der Waals surface area contributed by atoms with Crippen LogP contribution in [-0.4, -0.2) is 10.5 Å². The monoisotopic (exact) mass is 224 g/mol. The molecule has 0 aliphatic carbocycles. The molecule has 1 aromatic carbocycles. The van der Waals surface area contributed by atoms with Crippen LogP contribution >= 0.6 is 0 Å². The van der Waals surface area contributed by atoms with E-state index < -0.39 is 0 Å². The molecule has 0 amide bonds. The highest BCUT2D eigenvalue weighted by Gasteiger charge is 2.05. The van der Waals surface area contributed by atoms with Crippen molar-refractivity contribution >= 4 is 0 Å². The Hall–Kier alpha value is -0.860. The van der Waals surface area contributed by atoms with E-state index in [2.05, 4.69) is 52.0 Å². The van der Waals surface area contributed by atoms with Crippen LogP contribution in [0, 0.1) is 11.8 Å². The van der Waals surface area contributed by atoms with Crippen molar-refractivity contribution in [3.05, 3.63) is 35.4 Å². The van der Waals surface area contributed by atoms with Crippen LogP contribution in [0.2, 0.25) is 0 Å². The second-order valence-corrected chi connectivity index (χ2v) is 4.96. The largest absolute Gasteiger partial charge is 0.255 e. The average Bonchev–Trinajstić information content (AvgIpc) is 2.22. The summed E-state index contributed by atoms with van der Waals surface area (Å²) >= 11 is 0. The van der Waals surface area contributed by atoms with E-state index in [9.17, 15) is 0 Å². The van der Waals surface area contributed by atoms with Crippen LogP contribution in [0.5, 0.6) is 0 Å². The van der Waals surface area contributed by atoms with E-state index in [0.717, 1.165) is 11.8 Å². The molecule has 1 rings (SSSR count). The lowest BCUT2D eigenvalue weighted by molar-refractivity contribution is -0.176. The Morgan fingerprint density at radius 2 is 1.12 bits per heavy atom. The number of hydrogen-bond acceptors (Lipinski definition) is 2. The van der Waals surface area contributed by atoms with Crippen LogP contribution < -0.4 is 0 Å². The first-order chi connectivity index (χ1) is 7.59. The van der Waals surface area contributed by atoms with E-state index in [1.54, 1.807) is 0 Å². The first-order valence-corrected chi connectivity index (χ1v) is 5.86. The van der Waals surface area contributed by atoms with Crippen molar-refractivity contribution in [2.75, 3.05) is 0 Å². The maximum Gasteiger partial charge on any atom is -0.0253 e. The van der Waals surface area contributed by atoms with Gasteiger partial charge in [-0.05, 0) is 35.8 Å². The molecule has 0 aliphatic heterocycles. The Labute approximate surface area is 98.9 Å². The van der Waals surface area contributed by atoms with Crippen molar-refractivity contribution in [1.82, 2.24) is 0 Å². The predicted molar refractivity (Wildman–Crippen MR) is 68.8 cm³/mol. The Kier molecular flexibility index (Phi) is 7.86. The Bertz CT molecular complexity index is 251. The van der Waals surface area contributed by atoms with Gasteiger partial charge in [-0.3, -0.25) is 10.5 Å². The van der Waals surface area contributed by atoms with Crippen molar-refractivity contribution in [2.24, 2.45) is 11.8 Å². The van der Waals surface area contributed by atoms with Gasteiger partial charge in [-0.15, -0.1) is 0 Å². The predicted octanol–water partition coefficient (Wildman–Crippen LogP) is 4.10. The second kappa shape index (κ2) is 8.31. The van der Waals surface area contributed by atoms with Gasteiger partial charge in [0, 0.05) is 0 Å². The Morgan fingerprint density at radius 1 is 0.812 bits per heavy atom. The lowest BCUT2D eigenvalue weighted by Crippen LogP contribution is -2.02. The smallest absolute Gasteiger partial charge is 0.0253 e. The third-order valence-corrected chi connectivity index (χ3v) is 2.37. The quantitative estimate of drug-likeness (QED) is 0.597. The van der Waals surface area contributed by atoms with Crippen LogP contribution in [0.4, 0.5) is 0 Å². The molecule has 16 heavy (non-hydrogen) atoms. The fraction of sp³-hybridized carbons (Fsp3) is 0.571. The maximum absolute atomic E-state index is 6.00. The van der Waals surface area contributed by atoms with Gasteiger partial charge in [0.25, 0.3) is 0 Å². The minimum absolute atomic E-state index is 0.753. The summed E-state index contributed by atoms with van der Waals surface area (Å²) in [4.78, 5) is 0. The van der Waals surface area contributed by atoms with Crippen molar-refractivity contribution in [3.8, 4) is 0 Å². The minimum Gasteiger partial charge on any atom is -0.255 e. The lowest BCUT2D eigenvalue weighted by atomic mass is 9.93. The molecule has 0 radical (unpaired) electrons. The summed E-state index contributed by atoms with van der Waals surface area (Å²) in [7, 11) is 0. The van der Waals surface area contributed by atoms with Crippen LogP contribution in [0.25, 0.3) is 0 Å². The van der Waals surface area contributed by atoms with Gasteiger partial charge >= 0.3 is 0 Å². The van der Waals surface area contributed by atoms with Gasteiger partial charge in [-0.25, -0.2) is 0 Å². The van der Waals surface area contributed by atoms with Crippen LogP contribution in [0.15, 0.2) is 24.3 Å². The molecule has 0 spiro atoms. The minimum atomic E-state index is 0.753. The average molecular weight is 224 g/mol. The highest BCUT2D eigenvalue weighted by molar-refractivity contribution is 5.27. The van der Waals surface area contributed by atoms with Crippen LogP contribution in [-0.2, 0) is 12.8 Å². The van der Waals surface area contributed by atoms with Gasteiger partial charge in [0.2, 0.25) is 0 Å². The molecule has 0 bridgehead atoms. The SMILES string of the molecule is CC(C)Cc1ccccc1CC(C)C.OO. The zero-order valence-electron chi connectivity index (χ0n) is 10.8. The summed E-state index contributed by atoms with van der Waals surface area (Å²) in [5.41, 5.74) is 3.08. The van der Waals surface area contributed by atoms with Gasteiger partial charge in [0.15, 0.2) is 0 Å². The van der Waals surface area contributed by atoms with E-state index >= 15 is 0 Å². The maximum atomic E-state index is 6.00. The summed E-state index contributed by atoms with van der Waals surface area (Å²) in [6, 6.07) is 8.86. The highest BCUT2D eigenvalue weighted by Crippen LogP contribution is 2.17. The molecule has 1 aromatic rings. The normalized spacial score (nSPS) is 10.2. The molecule has 0 saturated heterocycles. The number of benzene rings is 1. The third-order valence-electron chi connectivity index (χ3n) is 2.37. The van der Waals surface area contributed by atoms with Crippen molar-refractivity contribution in [3.63, 3.8) is 0 Å². The molecule has 0 aliphatic rings. The van der Waals surface area contributed by atoms with E-state index in [1.165, 1.54) is 24.0 Å². The molecule has 2 nitrogen and oxygen atoms in total. The summed E-state index contributed by atoms with van der Waals surface area (Å²) in [5, 5.41) is 12.0. The molecule has 92 valence electrons. The van der Waals surface area contributed by atoms with Gasteiger partial charge in [-0.1, -0.05) is 52.0 Å².